The van der Waals surface area contributed by atoms with Crippen LogP contribution in [0.3, 0.4) is 0 Å². The molecule has 0 saturated heterocycles. The molecule has 0 heterocycles. The minimum absolute atomic E-state index is 0.588. The number of benzene rings is 1. The Morgan fingerprint density at radius 2 is 1.93 bits per heavy atom. The molecule has 0 fully saturated rings. The predicted molar refractivity (Wildman–Crippen MR) is 69.8 cm³/mol. The lowest BCUT2D eigenvalue weighted by Crippen LogP contribution is -2.24. The molecule has 0 bridgehead atoms. The molecule has 0 aromatic heterocycles. The molecule has 1 aromatic rings. The van der Waals surface area contributed by atoms with Gasteiger partial charge in [0.2, 0.25) is 0 Å². The van der Waals surface area contributed by atoms with Gasteiger partial charge in [0.1, 0.15) is 0 Å². The molecule has 1 rings (SSSR count). The van der Waals surface area contributed by atoms with E-state index in [4.69, 9.17) is 0 Å². The van der Waals surface area contributed by atoms with Crippen LogP contribution in [0.5, 0.6) is 0 Å². The third-order valence-electron chi connectivity index (χ3n) is 2.40. The van der Waals surface area contributed by atoms with E-state index in [1.165, 1.54) is 16.0 Å². The summed E-state index contributed by atoms with van der Waals surface area (Å²) in [5.41, 5.74) is 2.76. The molecule has 0 spiro atoms. The van der Waals surface area contributed by atoms with Gasteiger partial charge in [0, 0.05) is 23.2 Å². The van der Waals surface area contributed by atoms with Crippen molar-refractivity contribution in [2.45, 2.75) is 38.6 Å². The lowest BCUT2D eigenvalue weighted by molar-refractivity contribution is 0.616. The molecule has 0 radical (unpaired) electrons. The molecule has 0 saturated carbocycles. The van der Waals surface area contributed by atoms with Gasteiger partial charge < -0.3 is 5.32 Å². The molecule has 1 N–H and O–H groups in total. The minimum Gasteiger partial charge on any atom is -0.314 e. The average molecular weight is 223 g/mol. The van der Waals surface area contributed by atoms with Crippen LogP contribution >= 0.6 is 11.8 Å². The number of thioether (sulfide) groups is 1. The van der Waals surface area contributed by atoms with E-state index < -0.39 is 0 Å². The average Bonchev–Trinajstić information content (AvgIpc) is 2.18. The second-order valence-corrected chi connectivity index (χ2v) is 5.37. The lowest BCUT2D eigenvalue weighted by atomic mass is 10.1. The van der Waals surface area contributed by atoms with Crippen molar-refractivity contribution >= 4 is 11.8 Å². The standard InChI is InChI=1S/C13H21NS/c1-10(2)14-7-8-15-13-6-5-11(3)12(4)9-13/h5-6,9-10,14H,7-8H2,1-4H3. The van der Waals surface area contributed by atoms with Crippen LogP contribution in [0.4, 0.5) is 0 Å². The van der Waals surface area contributed by atoms with Crippen LogP contribution in [0.1, 0.15) is 25.0 Å². The maximum atomic E-state index is 3.42. The van der Waals surface area contributed by atoms with Gasteiger partial charge in [-0.25, -0.2) is 0 Å². The molecular weight excluding hydrogens is 202 g/mol. The summed E-state index contributed by atoms with van der Waals surface area (Å²) in [6, 6.07) is 7.27. The van der Waals surface area contributed by atoms with Crippen molar-refractivity contribution in [1.82, 2.24) is 5.32 Å². The van der Waals surface area contributed by atoms with Crippen molar-refractivity contribution in [3.8, 4) is 0 Å². The van der Waals surface area contributed by atoms with Crippen molar-refractivity contribution in [3.63, 3.8) is 0 Å². The Labute approximate surface area is 97.7 Å². The Morgan fingerprint density at radius 3 is 2.53 bits per heavy atom. The fourth-order valence-electron chi connectivity index (χ4n) is 1.32. The minimum atomic E-state index is 0.588. The van der Waals surface area contributed by atoms with Crippen molar-refractivity contribution in [2.75, 3.05) is 12.3 Å². The van der Waals surface area contributed by atoms with Crippen LogP contribution in [0.15, 0.2) is 23.1 Å². The van der Waals surface area contributed by atoms with Gasteiger partial charge >= 0.3 is 0 Å². The summed E-state index contributed by atoms with van der Waals surface area (Å²) in [4.78, 5) is 1.38. The molecule has 0 amide bonds. The third kappa shape index (κ3) is 4.72. The summed E-state index contributed by atoms with van der Waals surface area (Å²) in [5.74, 6) is 1.14. The monoisotopic (exact) mass is 223 g/mol. The number of aryl methyl sites for hydroxylation is 2. The summed E-state index contributed by atoms with van der Waals surface area (Å²) in [6.07, 6.45) is 0. The van der Waals surface area contributed by atoms with Crippen LogP contribution in [-0.4, -0.2) is 18.3 Å². The molecule has 1 aromatic carbocycles. The van der Waals surface area contributed by atoms with Crippen molar-refractivity contribution < 1.29 is 0 Å². The second-order valence-electron chi connectivity index (χ2n) is 4.20. The lowest BCUT2D eigenvalue weighted by Gasteiger charge is -2.08. The SMILES string of the molecule is Cc1ccc(SCCNC(C)C)cc1C. The highest BCUT2D eigenvalue weighted by molar-refractivity contribution is 7.99. The number of nitrogens with one attached hydrogen (secondary N) is 1. The first-order valence-electron chi connectivity index (χ1n) is 5.53. The highest BCUT2D eigenvalue weighted by Crippen LogP contribution is 2.20. The number of rotatable bonds is 5. The van der Waals surface area contributed by atoms with Gasteiger partial charge in [-0.3, -0.25) is 0 Å². The van der Waals surface area contributed by atoms with Gasteiger partial charge in [-0.1, -0.05) is 19.9 Å². The van der Waals surface area contributed by atoms with E-state index in [2.05, 4.69) is 51.2 Å². The summed E-state index contributed by atoms with van der Waals surface area (Å²) in [6.45, 7) is 9.77. The zero-order chi connectivity index (χ0) is 11.3. The first-order chi connectivity index (χ1) is 7.09. The number of hydrogen-bond acceptors (Lipinski definition) is 2. The van der Waals surface area contributed by atoms with Gasteiger partial charge in [-0.15, -0.1) is 11.8 Å². The summed E-state index contributed by atoms with van der Waals surface area (Å²) in [5, 5.41) is 3.42. The second kappa shape index (κ2) is 6.19. The normalized spacial score (nSPS) is 11.0. The van der Waals surface area contributed by atoms with Crippen molar-refractivity contribution in [2.24, 2.45) is 0 Å². The van der Waals surface area contributed by atoms with E-state index >= 15 is 0 Å². The topological polar surface area (TPSA) is 12.0 Å². The molecule has 0 aliphatic rings. The van der Waals surface area contributed by atoms with E-state index in [0.29, 0.717) is 6.04 Å². The van der Waals surface area contributed by atoms with Crippen LogP contribution in [0.25, 0.3) is 0 Å². The van der Waals surface area contributed by atoms with E-state index in [1.807, 2.05) is 11.8 Å². The Balaban J connectivity index is 2.35. The molecule has 2 heteroatoms. The highest BCUT2D eigenvalue weighted by Gasteiger charge is 1.97. The maximum Gasteiger partial charge on any atom is 0.0106 e. The molecule has 0 aliphatic heterocycles. The first-order valence-corrected chi connectivity index (χ1v) is 6.51. The van der Waals surface area contributed by atoms with Gasteiger partial charge in [-0.2, -0.15) is 0 Å². The Kier molecular flexibility index (Phi) is 5.20. The molecular formula is C13H21NS. The van der Waals surface area contributed by atoms with Crippen molar-refractivity contribution in [3.05, 3.63) is 29.3 Å². The van der Waals surface area contributed by atoms with Crippen LogP contribution < -0.4 is 5.32 Å². The Bertz CT molecular complexity index is 307. The maximum absolute atomic E-state index is 3.42. The molecule has 1 nitrogen and oxygen atoms in total. The summed E-state index contributed by atoms with van der Waals surface area (Å²) >= 11 is 1.92. The summed E-state index contributed by atoms with van der Waals surface area (Å²) in [7, 11) is 0. The van der Waals surface area contributed by atoms with Crippen LogP contribution in [0.2, 0.25) is 0 Å². The van der Waals surface area contributed by atoms with Crippen molar-refractivity contribution in [1.29, 1.82) is 0 Å². The van der Waals surface area contributed by atoms with E-state index in [9.17, 15) is 0 Å². The highest BCUT2D eigenvalue weighted by atomic mass is 32.2. The molecule has 0 unspecified atom stereocenters. The van der Waals surface area contributed by atoms with Crippen LogP contribution in [0, 0.1) is 13.8 Å². The fourth-order valence-corrected chi connectivity index (χ4v) is 2.20. The van der Waals surface area contributed by atoms with E-state index in [0.717, 1.165) is 12.3 Å². The Hall–Kier alpha value is -0.470. The van der Waals surface area contributed by atoms with Gasteiger partial charge in [0.05, 0.1) is 0 Å². The smallest absolute Gasteiger partial charge is 0.0106 e. The molecule has 84 valence electrons. The van der Waals surface area contributed by atoms with E-state index in [1.54, 1.807) is 0 Å². The zero-order valence-electron chi connectivity index (χ0n) is 10.1. The largest absolute Gasteiger partial charge is 0.314 e. The van der Waals surface area contributed by atoms with Crippen LogP contribution in [-0.2, 0) is 0 Å². The Morgan fingerprint density at radius 1 is 1.20 bits per heavy atom. The number of hydrogen-bond donors (Lipinski definition) is 1. The predicted octanol–water partition coefficient (Wildman–Crippen LogP) is 3.39. The van der Waals surface area contributed by atoms with Gasteiger partial charge in [0.15, 0.2) is 0 Å². The molecule has 0 aliphatic carbocycles. The van der Waals surface area contributed by atoms with Gasteiger partial charge in [0.25, 0.3) is 0 Å². The summed E-state index contributed by atoms with van der Waals surface area (Å²) < 4.78 is 0. The quantitative estimate of drug-likeness (QED) is 0.606. The third-order valence-corrected chi connectivity index (χ3v) is 3.40. The first kappa shape index (κ1) is 12.6. The molecule has 0 atom stereocenters. The fraction of sp³-hybridized carbons (Fsp3) is 0.538. The van der Waals surface area contributed by atoms with Gasteiger partial charge in [-0.05, 0) is 37.1 Å². The molecule has 15 heavy (non-hydrogen) atoms. The van der Waals surface area contributed by atoms with E-state index in [-0.39, 0.29) is 0 Å². The zero-order valence-corrected chi connectivity index (χ0v) is 10.9.